The lowest BCUT2D eigenvalue weighted by molar-refractivity contribution is -0.124. The number of nitrogens with one attached hydrogen (secondary N) is 2. The number of ether oxygens (including phenoxy) is 1. The van der Waals surface area contributed by atoms with E-state index in [-0.39, 0.29) is 36.6 Å². The molecule has 2 amide bonds. The van der Waals surface area contributed by atoms with Gasteiger partial charge in [-0.15, -0.1) is 0 Å². The van der Waals surface area contributed by atoms with E-state index in [0.29, 0.717) is 0 Å². The van der Waals surface area contributed by atoms with E-state index >= 15 is 0 Å². The molecule has 0 radical (unpaired) electrons. The van der Waals surface area contributed by atoms with Crippen LogP contribution in [0, 0.1) is 5.82 Å². The van der Waals surface area contributed by atoms with Gasteiger partial charge in [0.05, 0.1) is 0 Å². The second kappa shape index (κ2) is 9.91. The summed E-state index contributed by atoms with van der Waals surface area (Å²) >= 11 is 0. The highest BCUT2D eigenvalue weighted by Gasteiger charge is 2.15. The molecule has 0 aromatic heterocycles. The van der Waals surface area contributed by atoms with E-state index in [2.05, 4.69) is 15.5 Å². The standard InChI is InChI=1S/C22H26FN3O3/c1-16(24-22(28)15-29-20-9-4-6-17(23)13-20)12-21(27)25-18-7-5-8-19(14-18)26-10-2-3-11-26/h4-9,13-14,16H,2-3,10-12,15H2,1H3,(H,24,28)(H,25,27). The number of carbonyl (C=O) groups excluding carboxylic acids is 2. The lowest BCUT2D eigenvalue weighted by Crippen LogP contribution is -2.38. The van der Waals surface area contributed by atoms with Crippen LogP contribution in [0.4, 0.5) is 15.8 Å². The Morgan fingerprint density at radius 3 is 2.62 bits per heavy atom. The Hall–Kier alpha value is -3.09. The normalized spacial score (nSPS) is 14.3. The Morgan fingerprint density at radius 1 is 1.10 bits per heavy atom. The molecule has 1 atom stereocenters. The first kappa shape index (κ1) is 20.6. The zero-order chi connectivity index (χ0) is 20.6. The lowest BCUT2D eigenvalue weighted by Gasteiger charge is -2.19. The number of anilines is 2. The average molecular weight is 399 g/mol. The van der Waals surface area contributed by atoms with E-state index in [4.69, 9.17) is 4.74 Å². The summed E-state index contributed by atoms with van der Waals surface area (Å²) in [5.41, 5.74) is 1.85. The monoisotopic (exact) mass is 399 g/mol. The number of halogens is 1. The molecule has 2 aromatic carbocycles. The molecule has 1 unspecified atom stereocenters. The van der Waals surface area contributed by atoms with Crippen molar-refractivity contribution in [2.75, 3.05) is 29.9 Å². The predicted molar refractivity (Wildman–Crippen MR) is 111 cm³/mol. The van der Waals surface area contributed by atoms with Crippen molar-refractivity contribution in [3.05, 3.63) is 54.3 Å². The highest BCUT2D eigenvalue weighted by molar-refractivity contribution is 5.92. The van der Waals surface area contributed by atoms with Gasteiger partial charge in [-0.1, -0.05) is 12.1 Å². The van der Waals surface area contributed by atoms with E-state index in [0.717, 1.165) is 24.5 Å². The second-order valence-electron chi connectivity index (χ2n) is 7.21. The molecule has 1 aliphatic rings. The summed E-state index contributed by atoms with van der Waals surface area (Å²) in [5.74, 6) is -0.696. The third-order valence-electron chi connectivity index (χ3n) is 4.67. The molecule has 1 saturated heterocycles. The van der Waals surface area contributed by atoms with Gasteiger partial charge in [-0.25, -0.2) is 4.39 Å². The zero-order valence-electron chi connectivity index (χ0n) is 16.5. The molecule has 0 aliphatic carbocycles. The van der Waals surface area contributed by atoms with Crippen LogP contribution in [-0.2, 0) is 9.59 Å². The van der Waals surface area contributed by atoms with Crippen LogP contribution in [0.15, 0.2) is 48.5 Å². The molecule has 154 valence electrons. The van der Waals surface area contributed by atoms with E-state index in [1.807, 2.05) is 24.3 Å². The van der Waals surface area contributed by atoms with Gasteiger partial charge in [0, 0.05) is 43.0 Å². The molecular weight excluding hydrogens is 373 g/mol. The predicted octanol–water partition coefficient (Wildman–Crippen LogP) is 3.34. The van der Waals surface area contributed by atoms with Crippen LogP contribution < -0.4 is 20.3 Å². The molecule has 1 heterocycles. The number of amides is 2. The summed E-state index contributed by atoms with van der Waals surface area (Å²) in [6.07, 6.45) is 2.52. The molecular formula is C22H26FN3O3. The van der Waals surface area contributed by atoms with Crippen LogP contribution in [0.25, 0.3) is 0 Å². The van der Waals surface area contributed by atoms with Gasteiger partial charge in [0.2, 0.25) is 5.91 Å². The maximum absolute atomic E-state index is 13.1. The topological polar surface area (TPSA) is 70.7 Å². The molecule has 2 N–H and O–H groups in total. The largest absolute Gasteiger partial charge is 0.484 e. The van der Waals surface area contributed by atoms with Crippen LogP contribution in [0.3, 0.4) is 0 Å². The molecule has 29 heavy (non-hydrogen) atoms. The molecule has 3 rings (SSSR count). The van der Waals surface area contributed by atoms with Crippen LogP contribution in [0.2, 0.25) is 0 Å². The summed E-state index contributed by atoms with van der Waals surface area (Å²) in [6.45, 7) is 3.59. The fraction of sp³-hybridized carbons (Fsp3) is 0.364. The Morgan fingerprint density at radius 2 is 1.86 bits per heavy atom. The first-order chi connectivity index (χ1) is 14.0. The van der Waals surface area contributed by atoms with Gasteiger partial charge in [0.25, 0.3) is 5.91 Å². The molecule has 1 fully saturated rings. The van der Waals surface area contributed by atoms with Gasteiger partial charge in [-0.05, 0) is 50.1 Å². The quantitative estimate of drug-likeness (QED) is 0.714. The molecule has 7 heteroatoms. The minimum absolute atomic E-state index is 0.139. The fourth-order valence-electron chi connectivity index (χ4n) is 3.32. The fourth-order valence-corrected chi connectivity index (χ4v) is 3.32. The van der Waals surface area contributed by atoms with Crippen molar-refractivity contribution < 1.29 is 18.7 Å². The van der Waals surface area contributed by atoms with Crippen molar-refractivity contribution in [3.63, 3.8) is 0 Å². The Bertz CT molecular complexity index is 853. The molecule has 2 aromatic rings. The second-order valence-corrected chi connectivity index (χ2v) is 7.21. The Balaban J connectivity index is 1.43. The lowest BCUT2D eigenvalue weighted by atomic mass is 10.2. The van der Waals surface area contributed by atoms with Gasteiger partial charge in [-0.3, -0.25) is 9.59 Å². The van der Waals surface area contributed by atoms with Crippen molar-refractivity contribution in [1.29, 1.82) is 0 Å². The molecule has 0 spiro atoms. The number of rotatable bonds is 8. The van der Waals surface area contributed by atoms with E-state index in [1.165, 1.54) is 31.0 Å². The van der Waals surface area contributed by atoms with Gasteiger partial charge < -0.3 is 20.3 Å². The number of carbonyl (C=O) groups is 2. The van der Waals surface area contributed by atoms with Gasteiger partial charge in [0.15, 0.2) is 6.61 Å². The molecule has 0 saturated carbocycles. The minimum Gasteiger partial charge on any atom is -0.484 e. The van der Waals surface area contributed by atoms with E-state index < -0.39 is 5.82 Å². The third-order valence-corrected chi connectivity index (χ3v) is 4.67. The third kappa shape index (κ3) is 6.48. The van der Waals surface area contributed by atoms with E-state index in [1.54, 1.807) is 13.0 Å². The van der Waals surface area contributed by atoms with Gasteiger partial charge in [0.1, 0.15) is 11.6 Å². The first-order valence-corrected chi connectivity index (χ1v) is 9.82. The smallest absolute Gasteiger partial charge is 0.258 e. The number of hydrogen-bond acceptors (Lipinski definition) is 4. The SMILES string of the molecule is CC(CC(=O)Nc1cccc(N2CCCC2)c1)NC(=O)COc1cccc(F)c1. The Labute approximate surface area is 170 Å². The molecule has 6 nitrogen and oxygen atoms in total. The van der Waals surface area contributed by atoms with Gasteiger partial charge >= 0.3 is 0 Å². The number of hydrogen-bond donors (Lipinski definition) is 2. The summed E-state index contributed by atoms with van der Waals surface area (Å²) < 4.78 is 18.4. The van der Waals surface area contributed by atoms with Crippen LogP contribution in [-0.4, -0.2) is 37.6 Å². The minimum atomic E-state index is -0.429. The Kier molecular flexibility index (Phi) is 7.05. The van der Waals surface area contributed by atoms with Crippen LogP contribution in [0.1, 0.15) is 26.2 Å². The van der Waals surface area contributed by atoms with Crippen molar-refractivity contribution >= 4 is 23.2 Å². The van der Waals surface area contributed by atoms with Crippen LogP contribution >= 0.6 is 0 Å². The van der Waals surface area contributed by atoms with Crippen molar-refractivity contribution in [3.8, 4) is 5.75 Å². The van der Waals surface area contributed by atoms with Crippen LogP contribution in [0.5, 0.6) is 5.75 Å². The van der Waals surface area contributed by atoms with E-state index in [9.17, 15) is 14.0 Å². The van der Waals surface area contributed by atoms with Crippen molar-refractivity contribution in [2.24, 2.45) is 0 Å². The molecule has 1 aliphatic heterocycles. The average Bonchev–Trinajstić information content (AvgIpc) is 3.21. The number of benzene rings is 2. The van der Waals surface area contributed by atoms with Crippen molar-refractivity contribution in [2.45, 2.75) is 32.2 Å². The number of nitrogens with zero attached hydrogens (tertiary/aromatic N) is 1. The summed E-state index contributed by atoms with van der Waals surface area (Å²) in [5, 5.41) is 5.60. The zero-order valence-corrected chi connectivity index (χ0v) is 16.5. The summed E-state index contributed by atoms with van der Waals surface area (Å²) in [6, 6.07) is 13.0. The maximum atomic E-state index is 13.1. The maximum Gasteiger partial charge on any atom is 0.258 e. The highest BCUT2D eigenvalue weighted by Crippen LogP contribution is 2.23. The summed E-state index contributed by atoms with van der Waals surface area (Å²) in [4.78, 5) is 26.6. The molecule has 0 bridgehead atoms. The summed E-state index contributed by atoms with van der Waals surface area (Å²) in [7, 11) is 0. The highest BCUT2D eigenvalue weighted by atomic mass is 19.1. The van der Waals surface area contributed by atoms with Crippen molar-refractivity contribution in [1.82, 2.24) is 5.32 Å². The van der Waals surface area contributed by atoms with Gasteiger partial charge in [-0.2, -0.15) is 0 Å². The first-order valence-electron chi connectivity index (χ1n) is 9.82.